The van der Waals surface area contributed by atoms with Gasteiger partial charge in [0.2, 0.25) is 0 Å². The van der Waals surface area contributed by atoms with Crippen LogP contribution in [0.2, 0.25) is 10.0 Å². The standard InChI is InChI=1S/C13H12Cl2N2/c14-11-7-3-1-5-9(11)13(17-16)10-6-2-4-8-12(10)15/h1-8,13,17H,16H2. The van der Waals surface area contributed by atoms with Gasteiger partial charge in [-0.25, -0.2) is 5.43 Å². The van der Waals surface area contributed by atoms with Crippen LogP contribution in [0.15, 0.2) is 48.5 Å². The van der Waals surface area contributed by atoms with Gasteiger partial charge in [-0.1, -0.05) is 59.6 Å². The number of hydrogen-bond acceptors (Lipinski definition) is 2. The molecule has 88 valence electrons. The molecular formula is C13H12Cl2N2. The van der Waals surface area contributed by atoms with Crippen LogP contribution in [0.1, 0.15) is 17.2 Å². The summed E-state index contributed by atoms with van der Waals surface area (Å²) < 4.78 is 0. The van der Waals surface area contributed by atoms with Crippen LogP contribution in [-0.2, 0) is 0 Å². The molecule has 0 unspecified atom stereocenters. The fourth-order valence-electron chi connectivity index (χ4n) is 1.77. The Balaban J connectivity index is 2.48. The van der Waals surface area contributed by atoms with Gasteiger partial charge in [0.25, 0.3) is 0 Å². The molecule has 0 saturated carbocycles. The van der Waals surface area contributed by atoms with Gasteiger partial charge in [-0.15, -0.1) is 0 Å². The van der Waals surface area contributed by atoms with Gasteiger partial charge < -0.3 is 0 Å². The zero-order valence-electron chi connectivity index (χ0n) is 9.03. The average molecular weight is 267 g/mol. The van der Waals surface area contributed by atoms with Gasteiger partial charge in [0.15, 0.2) is 0 Å². The van der Waals surface area contributed by atoms with Gasteiger partial charge in [-0.3, -0.25) is 5.84 Å². The van der Waals surface area contributed by atoms with E-state index in [-0.39, 0.29) is 6.04 Å². The monoisotopic (exact) mass is 266 g/mol. The molecule has 2 rings (SSSR count). The molecular weight excluding hydrogens is 255 g/mol. The third kappa shape index (κ3) is 2.61. The van der Waals surface area contributed by atoms with E-state index in [2.05, 4.69) is 5.43 Å². The molecule has 0 amide bonds. The Morgan fingerprint density at radius 1 is 0.824 bits per heavy atom. The predicted octanol–water partition coefficient (Wildman–Crippen LogP) is 3.55. The molecule has 17 heavy (non-hydrogen) atoms. The lowest BCUT2D eigenvalue weighted by atomic mass is 9.99. The molecule has 0 fully saturated rings. The second-order valence-corrected chi connectivity index (χ2v) is 4.46. The van der Waals surface area contributed by atoms with E-state index in [9.17, 15) is 0 Å². The molecule has 4 heteroatoms. The molecule has 0 aliphatic heterocycles. The molecule has 2 aromatic rings. The fourth-order valence-corrected chi connectivity index (χ4v) is 2.26. The van der Waals surface area contributed by atoms with Gasteiger partial charge in [0.1, 0.15) is 0 Å². The second kappa shape index (κ2) is 5.52. The minimum atomic E-state index is -0.211. The van der Waals surface area contributed by atoms with Gasteiger partial charge >= 0.3 is 0 Å². The first-order chi connectivity index (χ1) is 8.24. The van der Waals surface area contributed by atoms with E-state index in [1.165, 1.54) is 0 Å². The molecule has 0 aliphatic carbocycles. The van der Waals surface area contributed by atoms with Crippen LogP contribution in [0.3, 0.4) is 0 Å². The summed E-state index contributed by atoms with van der Waals surface area (Å²) in [5.41, 5.74) is 4.56. The highest BCUT2D eigenvalue weighted by molar-refractivity contribution is 6.32. The van der Waals surface area contributed by atoms with E-state index in [0.29, 0.717) is 10.0 Å². The Hall–Kier alpha value is -1.06. The van der Waals surface area contributed by atoms with Crippen molar-refractivity contribution in [2.75, 3.05) is 0 Å². The maximum atomic E-state index is 6.16. The van der Waals surface area contributed by atoms with E-state index in [1.54, 1.807) is 0 Å². The zero-order chi connectivity index (χ0) is 12.3. The first-order valence-corrected chi connectivity index (χ1v) is 5.94. The molecule has 0 spiro atoms. The molecule has 0 radical (unpaired) electrons. The summed E-state index contributed by atoms with van der Waals surface area (Å²) in [6.07, 6.45) is 0. The third-order valence-corrected chi connectivity index (χ3v) is 3.29. The van der Waals surface area contributed by atoms with Crippen molar-refractivity contribution in [1.29, 1.82) is 0 Å². The smallest absolute Gasteiger partial charge is 0.0738 e. The maximum Gasteiger partial charge on any atom is 0.0738 e. The molecule has 0 bridgehead atoms. The molecule has 0 saturated heterocycles. The van der Waals surface area contributed by atoms with Crippen LogP contribution in [-0.4, -0.2) is 0 Å². The molecule has 3 N–H and O–H groups in total. The first kappa shape index (κ1) is 12.4. The summed E-state index contributed by atoms with van der Waals surface area (Å²) in [6, 6.07) is 14.9. The van der Waals surface area contributed by atoms with Gasteiger partial charge in [0.05, 0.1) is 6.04 Å². The van der Waals surface area contributed by atoms with Crippen LogP contribution in [0.25, 0.3) is 0 Å². The summed E-state index contributed by atoms with van der Waals surface area (Å²) in [4.78, 5) is 0. The van der Waals surface area contributed by atoms with Crippen molar-refractivity contribution in [3.8, 4) is 0 Å². The highest BCUT2D eigenvalue weighted by Crippen LogP contribution is 2.31. The Kier molecular flexibility index (Phi) is 4.02. The number of benzene rings is 2. The van der Waals surface area contributed by atoms with Crippen molar-refractivity contribution in [3.63, 3.8) is 0 Å². The number of hydrogen-bond donors (Lipinski definition) is 2. The molecule has 0 atom stereocenters. The first-order valence-electron chi connectivity index (χ1n) is 5.19. The lowest BCUT2D eigenvalue weighted by Gasteiger charge is -2.19. The number of hydrazine groups is 1. The minimum absolute atomic E-state index is 0.211. The van der Waals surface area contributed by atoms with Crippen LogP contribution < -0.4 is 11.3 Å². The lowest BCUT2D eigenvalue weighted by Crippen LogP contribution is -2.29. The quantitative estimate of drug-likeness (QED) is 0.659. The van der Waals surface area contributed by atoms with E-state index < -0.39 is 0 Å². The van der Waals surface area contributed by atoms with Crippen molar-refractivity contribution in [3.05, 3.63) is 69.7 Å². The highest BCUT2D eigenvalue weighted by atomic mass is 35.5. The predicted molar refractivity (Wildman–Crippen MR) is 72.1 cm³/mol. The van der Waals surface area contributed by atoms with Gasteiger partial charge in [0, 0.05) is 10.0 Å². The van der Waals surface area contributed by atoms with E-state index >= 15 is 0 Å². The van der Waals surface area contributed by atoms with Gasteiger partial charge in [-0.2, -0.15) is 0 Å². The molecule has 0 aromatic heterocycles. The number of nitrogens with two attached hydrogens (primary N) is 1. The van der Waals surface area contributed by atoms with E-state index in [0.717, 1.165) is 11.1 Å². The molecule has 2 aromatic carbocycles. The van der Waals surface area contributed by atoms with Crippen LogP contribution in [0.4, 0.5) is 0 Å². The zero-order valence-corrected chi connectivity index (χ0v) is 10.5. The Morgan fingerprint density at radius 2 is 1.24 bits per heavy atom. The second-order valence-electron chi connectivity index (χ2n) is 3.64. The summed E-state index contributed by atoms with van der Waals surface area (Å²) in [6.45, 7) is 0. The normalized spacial score (nSPS) is 10.8. The summed E-state index contributed by atoms with van der Waals surface area (Å²) in [7, 11) is 0. The molecule has 2 nitrogen and oxygen atoms in total. The van der Waals surface area contributed by atoms with Crippen molar-refractivity contribution in [2.45, 2.75) is 6.04 Å². The minimum Gasteiger partial charge on any atom is -0.271 e. The van der Waals surface area contributed by atoms with Crippen LogP contribution in [0, 0.1) is 0 Å². The summed E-state index contributed by atoms with van der Waals surface area (Å²) in [5, 5.41) is 1.32. The average Bonchev–Trinajstić information content (AvgIpc) is 2.34. The molecule has 0 aliphatic rings. The number of halogens is 2. The molecule has 0 heterocycles. The van der Waals surface area contributed by atoms with Crippen molar-refractivity contribution in [1.82, 2.24) is 5.43 Å². The number of nitrogens with one attached hydrogen (secondary N) is 1. The van der Waals surface area contributed by atoms with Crippen LogP contribution >= 0.6 is 23.2 Å². The summed E-state index contributed by atoms with van der Waals surface area (Å²) >= 11 is 12.3. The summed E-state index contributed by atoms with van der Waals surface area (Å²) in [5.74, 6) is 5.61. The van der Waals surface area contributed by atoms with E-state index in [4.69, 9.17) is 29.0 Å². The lowest BCUT2D eigenvalue weighted by molar-refractivity contribution is 0.637. The van der Waals surface area contributed by atoms with Crippen molar-refractivity contribution in [2.24, 2.45) is 5.84 Å². The highest BCUT2D eigenvalue weighted by Gasteiger charge is 2.17. The van der Waals surface area contributed by atoms with Crippen molar-refractivity contribution < 1.29 is 0 Å². The van der Waals surface area contributed by atoms with Crippen LogP contribution in [0.5, 0.6) is 0 Å². The van der Waals surface area contributed by atoms with E-state index in [1.807, 2.05) is 48.5 Å². The van der Waals surface area contributed by atoms with Crippen molar-refractivity contribution >= 4 is 23.2 Å². The largest absolute Gasteiger partial charge is 0.271 e. The SMILES string of the molecule is NNC(c1ccccc1Cl)c1ccccc1Cl. The Labute approximate surface area is 110 Å². The fraction of sp³-hybridized carbons (Fsp3) is 0.0769. The Morgan fingerprint density at radius 3 is 1.59 bits per heavy atom. The maximum absolute atomic E-state index is 6.16. The third-order valence-electron chi connectivity index (χ3n) is 2.60. The number of rotatable bonds is 3. The topological polar surface area (TPSA) is 38.0 Å². The van der Waals surface area contributed by atoms with Gasteiger partial charge in [-0.05, 0) is 23.3 Å². The Bertz CT molecular complexity index is 469.